The normalized spacial score (nSPS) is 10.8. The smallest absolute Gasteiger partial charge is 0.145 e. The second-order valence-electron chi connectivity index (χ2n) is 4.06. The van der Waals surface area contributed by atoms with E-state index in [1.54, 1.807) is 6.20 Å². The van der Waals surface area contributed by atoms with Crippen LogP contribution in [0.3, 0.4) is 0 Å². The van der Waals surface area contributed by atoms with E-state index in [-0.39, 0.29) is 0 Å². The fourth-order valence-corrected chi connectivity index (χ4v) is 1.88. The Morgan fingerprint density at radius 3 is 2.71 bits per heavy atom. The Balaban J connectivity index is 2.12. The van der Waals surface area contributed by atoms with Crippen molar-refractivity contribution < 1.29 is 0 Å². The molecule has 0 fully saturated rings. The number of anilines is 1. The lowest BCUT2D eigenvalue weighted by Crippen LogP contribution is -2.08. The van der Waals surface area contributed by atoms with E-state index < -0.39 is 0 Å². The molecule has 17 heavy (non-hydrogen) atoms. The highest BCUT2D eigenvalue weighted by atomic mass is 15.4. The molecule has 1 N–H and O–H groups in total. The van der Waals surface area contributed by atoms with Gasteiger partial charge in [0.15, 0.2) is 0 Å². The van der Waals surface area contributed by atoms with E-state index in [1.165, 1.54) is 11.3 Å². The highest BCUT2D eigenvalue weighted by Gasteiger charge is 2.09. The minimum Gasteiger partial charge on any atom is -0.365 e. The number of aromatic nitrogens is 5. The molecule has 6 nitrogen and oxygen atoms in total. The van der Waals surface area contributed by atoms with Gasteiger partial charge in [0, 0.05) is 31.4 Å². The summed E-state index contributed by atoms with van der Waals surface area (Å²) in [7, 11) is 1.96. The Morgan fingerprint density at radius 1 is 1.35 bits per heavy atom. The topological polar surface area (TPSA) is 60.6 Å². The fraction of sp³-hybridized carbons (Fsp3) is 0.545. The van der Waals surface area contributed by atoms with Crippen molar-refractivity contribution in [3.8, 4) is 0 Å². The van der Waals surface area contributed by atoms with E-state index in [0.29, 0.717) is 0 Å². The molecule has 0 aliphatic carbocycles. The second-order valence-corrected chi connectivity index (χ2v) is 4.06. The largest absolute Gasteiger partial charge is 0.365 e. The van der Waals surface area contributed by atoms with Gasteiger partial charge in [-0.2, -0.15) is 5.10 Å². The fourth-order valence-electron chi connectivity index (χ4n) is 1.88. The second kappa shape index (κ2) is 4.57. The summed E-state index contributed by atoms with van der Waals surface area (Å²) in [6.45, 7) is 7.71. The minimum atomic E-state index is 0.749. The van der Waals surface area contributed by atoms with Crippen LogP contribution in [0.4, 0.5) is 5.82 Å². The number of nitrogens with one attached hydrogen (secondary N) is 1. The van der Waals surface area contributed by atoms with Crippen molar-refractivity contribution in [1.29, 1.82) is 0 Å². The third-order valence-electron chi connectivity index (χ3n) is 3.02. The Hall–Kier alpha value is -1.85. The SMILES string of the molecule is CCn1nncc1NCc1c(C)nn(C)c1C. The van der Waals surface area contributed by atoms with Crippen LogP contribution < -0.4 is 5.32 Å². The zero-order chi connectivity index (χ0) is 12.4. The van der Waals surface area contributed by atoms with Gasteiger partial charge in [0.2, 0.25) is 0 Å². The van der Waals surface area contributed by atoms with Gasteiger partial charge in [-0.3, -0.25) is 4.68 Å². The number of aryl methyl sites for hydroxylation is 3. The monoisotopic (exact) mass is 234 g/mol. The van der Waals surface area contributed by atoms with E-state index in [1.807, 2.05) is 30.3 Å². The molecule has 0 aliphatic heterocycles. The predicted octanol–water partition coefficient (Wildman–Crippen LogP) is 1.26. The van der Waals surface area contributed by atoms with Gasteiger partial charge in [0.05, 0.1) is 11.9 Å². The van der Waals surface area contributed by atoms with Crippen molar-refractivity contribution >= 4 is 5.82 Å². The van der Waals surface area contributed by atoms with Gasteiger partial charge in [0.25, 0.3) is 0 Å². The molecule has 2 heterocycles. The van der Waals surface area contributed by atoms with Crippen molar-refractivity contribution in [2.75, 3.05) is 5.32 Å². The summed E-state index contributed by atoms with van der Waals surface area (Å²) in [6.07, 6.45) is 1.74. The molecule has 0 saturated carbocycles. The van der Waals surface area contributed by atoms with Crippen molar-refractivity contribution in [2.24, 2.45) is 7.05 Å². The predicted molar refractivity (Wildman–Crippen MR) is 65.7 cm³/mol. The number of hydrogen-bond donors (Lipinski definition) is 1. The van der Waals surface area contributed by atoms with Crippen LogP contribution in [0.25, 0.3) is 0 Å². The number of hydrogen-bond acceptors (Lipinski definition) is 4. The van der Waals surface area contributed by atoms with Crippen molar-refractivity contribution in [1.82, 2.24) is 24.8 Å². The van der Waals surface area contributed by atoms with Crippen LogP contribution in [0.15, 0.2) is 6.20 Å². The molecule has 92 valence electrons. The molecule has 0 unspecified atom stereocenters. The Bertz CT molecular complexity index is 510. The molecular formula is C11H18N6. The van der Waals surface area contributed by atoms with Crippen LogP contribution in [0, 0.1) is 13.8 Å². The van der Waals surface area contributed by atoms with Crippen molar-refractivity contribution in [2.45, 2.75) is 33.9 Å². The molecule has 0 saturated heterocycles. The minimum absolute atomic E-state index is 0.749. The molecule has 0 bridgehead atoms. The third kappa shape index (κ3) is 2.15. The molecule has 2 aromatic rings. The summed E-state index contributed by atoms with van der Waals surface area (Å²) < 4.78 is 3.74. The molecule has 2 rings (SSSR count). The average Bonchev–Trinajstić information content (AvgIpc) is 2.84. The van der Waals surface area contributed by atoms with E-state index in [2.05, 4.69) is 27.7 Å². The van der Waals surface area contributed by atoms with Crippen LogP contribution in [0.2, 0.25) is 0 Å². The molecular weight excluding hydrogens is 216 g/mol. The van der Waals surface area contributed by atoms with Gasteiger partial charge in [-0.05, 0) is 20.8 Å². The molecule has 0 aliphatic rings. The van der Waals surface area contributed by atoms with Gasteiger partial charge >= 0.3 is 0 Å². The van der Waals surface area contributed by atoms with Crippen LogP contribution in [-0.4, -0.2) is 24.8 Å². The zero-order valence-electron chi connectivity index (χ0n) is 10.7. The Morgan fingerprint density at radius 2 is 2.12 bits per heavy atom. The van der Waals surface area contributed by atoms with E-state index in [0.717, 1.165) is 24.6 Å². The maximum Gasteiger partial charge on any atom is 0.145 e. The van der Waals surface area contributed by atoms with Crippen molar-refractivity contribution in [3.63, 3.8) is 0 Å². The van der Waals surface area contributed by atoms with Gasteiger partial charge in [-0.25, -0.2) is 4.68 Å². The van der Waals surface area contributed by atoms with Gasteiger partial charge in [0.1, 0.15) is 5.82 Å². The molecule has 2 aromatic heterocycles. The van der Waals surface area contributed by atoms with Crippen LogP contribution in [0.1, 0.15) is 23.9 Å². The van der Waals surface area contributed by atoms with Gasteiger partial charge in [-0.1, -0.05) is 5.21 Å². The summed E-state index contributed by atoms with van der Waals surface area (Å²) in [5.41, 5.74) is 3.48. The molecule has 0 spiro atoms. The van der Waals surface area contributed by atoms with Crippen LogP contribution >= 0.6 is 0 Å². The molecule has 0 radical (unpaired) electrons. The molecule has 0 atom stereocenters. The molecule has 6 heteroatoms. The molecule has 0 aromatic carbocycles. The Labute approximate surface area is 101 Å². The highest BCUT2D eigenvalue weighted by molar-refractivity contribution is 5.35. The summed E-state index contributed by atoms with van der Waals surface area (Å²) in [5.74, 6) is 0.940. The summed E-state index contributed by atoms with van der Waals surface area (Å²) in [5, 5.41) is 15.6. The standard InChI is InChI=1S/C11H18N6/c1-5-17-11(7-13-15-17)12-6-10-8(2)14-16(4)9(10)3/h7,12H,5-6H2,1-4H3. The maximum absolute atomic E-state index is 4.39. The lowest BCUT2D eigenvalue weighted by atomic mass is 10.2. The van der Waals surface area contributed by atoms with E-state index in [4.69, 9.17) is 0 Å². The third-order valence-corrected chi connectivity index (χ3v) is 3.02. The first kappa shape index (κ1) is 11.6. The van der Waals surface area contributed by atoms with Gasteiger partial charge in [-0.15, -0.1) is 5.10 Å². The van der Waals surface area contributed by atoms with E-state index >= 15 is 0 Å². The quantitative estimate of drug-likeness (QED) is 0.865. The maximum atomic E-state index is 4.39. The summed E-state index contributed by atoms with van der Waals surface area (Å²) >= 11 is 0. The van der Waals surface area contributed by atoms with Gasteiger partial charge < -0.3 is 5.32 Å². The Kier molecular flexibility index (Phi) is 3.12. The first-order valence-corrected chi connectivity index (χ1v) is 5.75. The average molecular weight is 234 g/mol. The first-order valence-electron chi connectivity index (χ1n) is 5.75. The lowest BCUT2D eigenvalue weighted by molar-refractivity contribution is 0.630. The van der Waals surface area contributed by atoms with Crippen LogP contribution in [-0.2, 0) is 20.1 Å². The zero-order valence-corrected chi connectivity index (χ0v) is 10.7. The first-order chi connectivity index (χ1) is 8.13. The number of nitrogens with zero attached hydrogens (tertiary/aromatic N) is 5. The summed E-state index contributed by atoms with van der Waals surface area (Å²) in [6, 6.07) is 0. The van der Waals surface area contributed by atoms with E-state index in [9.17, 15) is 0 Å². The lowest BCUT2D eigenvalue weighted by Gasteiger charge is -2.07. The summed E-state index contributed by atoms with van der Waals surface area (Å²) in [4.78, 5) is 0. The van der Waals surface area contributed by atoms with Crippen molar-refractivity contribution in [3.05, 3.63) is 23.1 Å². The molecule has 0 amide bonds. The highest BCUT2D eigenvalue weighted by Crippen LogP contribution is 2.14. The van der Waals surface area contributed by atoms with Crippen LogP contribution in [0.5, 0.6) is 0 Å². The number of rotatable bonds is 4.